The van der Waals surface area contributed by atoms with Gasteiger partial charge >= 0.3 is 0 Å². The van der Waals surface area contributed by atoms with Gasteiger partial charge in [-0.25, -0.2) is 13.1 Å². The number of hydrogen-bond donors (Lipinski definition) is 2. The standard InChI is InChI=1S/C23H32N2O6S/c1-6-29-20-13-18(14-21(30-7-2)22(20)31-8-3)23(26)24-15-17-10-9-11-19(12-17)32(27,28)25-16(4)5/h9-14,16,25H,6-8,15H2,1-5H3,(H,24,26). The van der Waals surface area contributed by atoms with Crippen molar-refractivity contribution >= 4 is 15.9 Å². The summed E-state index contributed by atoms with van der Waals surface area (Å²) in [5.41, 5.74) is 1.01. The van der Waals surface area contributed by atoms with Gasteiger partial charge in [-0.15, -0.1) is 0 Å². The topological polar surface area (TPSA) is 103 Å². The van der Waals surface area contributed by atoms with Crippen molar-refractivity contribution in [1.82, 2.24) is 10.0 Å². The third-order valence-electron chi connectivity index (χ3n) is 4.22. The second-order valence-corrected chi connectivity index (χ2v) is 8.92. The molecule has 0 saturated carbocycles. The van der Waals surface area contributed by atoms with Crippen LogP contribution in [0.2, 0.25) is 0 Å². The molecule has 176 valence electrons. The van der Waals surface area contributed by atoms with Crippen LogP contribution in [0.5, 0.6) is 17.2 Å². The highest BCUT2D eigenvalue weighted by Crippen LogP contribution is 2.39. The number of ether oxygens (including phenoxy) is 3. The third-order valence-corrected chi connectivity index (χ3v) is 5.88. The Bertz CT molecular complexity index is 994. The van der Waals surface area contributed by atoms with E-state index in [2.05, 4.69) is 10.0 Å². The Kier molecular flexibility index (Phi) is 9.34. The minimum absolute atomic E-state index is 0.149. The van der Waals surface area contributed by atoms with Crippen LogP contribution in [0.3, 0.4) is 0 Å². The van der Waals surface area contributed by atoms with Gasteiger partial charge in [0.15, 0.2) is 11.5 Å². The molecule has 0 saturated heterocycles. The first-order valence-corrected chi connectivity index (χ1v) is 12.2. The highest BCUT2D eigenvalue weighted by Gasteiger charge is 2.19. The Hall–Kier alpha value is -2.78. The van der Waals surface area contributed by atoms with E-state index in [4.69, 9.17) is 14.2 Å². The Morgan fingerprint density at radius 2 is 1.53 bits per heavy atom. The largest absolute Gasteiger partial charge is 0.490 e. The average molecular weight is 465 g/mol. The van der Waals surface area contributed by atoms with Crippen molar-refractivity contribution in [2.24, 2.45) is 0 Å². The summed E-state index contributed by atoms with van der Waals surface area (Å²) in [6, 6.07) is 9.46. The number of sulfonamides is 1. The first-order valence-electron chi connectivity index (χ1n) is 10.7. The van der Waals surface area contributed by atoms with Gasteiger partial charge in [-0.1, -0.05) is 12.1 Å². The van der Waals surface area contributed by atoms with Crippen molar-refractivity contribution in [2.45, 2.75) is 52.1 Å². The number of carbonyl (C=O) groups excluding carboxylic acids is 1. The maximum absolute atomic E-state index is 12.8. The molecule has 0 aliphatic carbocycles. The normalized spacial score (nSPS) is 11.3. The molecule has 1 amide bonds. The molecule has 2 N–H and O–H groups in total. The number of hydrogen-bond acceptors (Lipinski definition) is 6. The Morgan fingerprint density at radius 1 is 0.938 bits per heavy atom. The summed E-state index contributed by atoms with van der Waals surface area (Å²) in [5.74, 6) is 0.975. The van der Waals surface area contributed by atoms with Crippen molar-refractivity contribution in [2.75, 3.05) is 19.8 Å². The van der Waals surface area contributed by atoms with Gasteiger partial charge in [0.1, 0.15) is 0 Å². The second-order valence-electron chi connectivity index (χ2n) is 7.21. The fraction of sp³-hybridized carbons (Fsp3) is 0.435. The van der Waals surface area contributed by atoms with E-state index in [0.29, 0.717) is 48.2 Å². The molecule has 2 rings (SSSR count). The molecule has 0 aliphatic rings. The minimum atomic E-state index is -3.62. The zero-order valence-corrected chi connectivity index (χ0v) is 20.0. The number of rotatable bonds is 12. The Labute approximate surface area is 190 Å². The summed E-state index contributed by atoms with van der Waals surface area (Å²) in [6.07, 6.45) is 0. The summed E-state index contributed by atoms with van der Waals surface area (Å²) in [4.78, 5) is 13.0. The lowest BCUT2D eigenvalue weighted by molar-refractivity contribution is 0.0949. The molecule has 0 unspecified atom stereocenters. The highest BCUT2D eigenvalue weighted by atomic mass is 32.2. The van der Waals surface area contributed by atoms with Crippen LogP contribution >= 0.6 is 0 Å². The van der Waals surface area contributed by atoms with Gasteiger partial charge in [-0.05, 0) is 64.4 Å². The van der Waals surface area contributed by atoms with E-state index in [0.717, 1.165) is 0 Å². The minimum Gasteiger partial charge on any atom is -0.490 e. The predicted molar refractivity (Wildman–Crippen MR) is 123 cm³/mol. The number of carbonyl (C=O) groups is 1. The van der Waals surface area contributed by atoms with Crippen LogP contribution in [0.1, 0.15) is 50.5 Å². The molecule has 0 aromatic heterocycles. The average Bonchev–Trinajstić information content (AvgIpc) is 2.73. The fourth-order valence-electron chi connectivity index (χ4n) is 3.01. The molecule has 0 radical (unpaired) electrons. The summed E-state index contributed by atoms with van der Waals surface area (Å²) in [5, 5.41) is 2.82. The first-order chi connectivity index (χ1) is 15.2. The Morgan fingerprint density at radius 3 is 2.06 bits per heavy atom. The molecular weight excluding hydrogens is 432 g/mol. The van der Waals surface area contributed by atoms with Crippen molar-refractivity contribution in [3.05, 3.63) is 47.5 Å². The highest BCUT2D eigenvalue weighted by molar-refractivity contribution is 7.89. The van der Waals surface area contributed by atoms with Gasteiger partial charge in [0.2, 0.25) is 15.8 Å². The lowest BCUT2D eigenvalue weighted by Crippen LogP contribution is -2.30. The number of nitrogens with one attached hydrogen (secondary N) is 2. The number of benzene rings is 2. The molecule has 9 heteroatoms. The van der Waals surface area contributed by atoms with Crippen LogP contribution in [-0.2, 0) is 16.6 Å². The first kappa shape index (κ1) is 25.5. The third kappa shape index (κ3) is 6.86. The molecule has 0 aliphatic heterocycles. The fourth-order valence-corrected chi connectivity index (χ4v) is 4.33. The van der Waals surface area contributed by atoms with Gasteiger partial charge in [0, 0.05) is 18.2 Å². The monoisotopic (exact) mass is 464 g/mol. The van der Waals surface area contributed by atoms with Crippen LogP contribution in [0.15, 0.2) is 41.3 Å². The molecule has 2 aromatic rings. The number of amides is 1. The van der Waals surface area contributed by atoms with Crippen molar-refractivity contribution in [3.63, 3.8) is 0 Å². The van der Waals surface area contributed by atoms with E-state index in [9.17, 15) is 13.2 Å². The van der Waals surface area contributed by atoms with E-state index < -0.39 is 10.0 Å². The second kappa shape index (κ2) is 11.7. The van der Waals surface area contributed by atoms with Crippen LogP contribution in [0.25, 0.3) is 0 Å². The zero-order chi connectivity index (χ0) is 23.7. The lowest BCUT2D eigenvalue weighted by Gasteiger charge is -2.17. The van der Waals surface area contributed by atoms with Crippen LogP contribution in [0, 0.1) is 0 Å². The summed E-state index contributed by atoms with van der Waals surface area (Å²) >= 11 is 0. The predicted octanol–water partition coefficient (Wildman–Crippen LogP) is 3.50. The van der Waals surface area contributed by atoms with E-state index in [1.54, 1.807) is 44.2 Å². The molecule has 0 bridgehead atoms. The zero-order valence-electron chi connectivity index (χ0n) is 19.2. The molecule has 8 nitrogen and oxygen atoms in total. The van der Waals surface area contributed by atoms with Gasteiger partial charge in [-0.2, -0.15) is 0 Å². The van der Waals surface area contributed by atoms with E-state index >= 15 is 0 Å². The van der Waals surface area contributed by atoms with E-state index in [-0.39, 0.29) is 23.4 Å². The summed E-state index contributed by atoms with van der Waals surface area (Å²) in [7, 11) is -3.62. The van der Waals surface area contributed by atoms with Crippen molar-refractivity contribution < 1.29 is 27.4 Å². The smallest absolute Gasteiger partial charge is 0.251 e. The molecule has 0 fully saturated rings. The van der Waals surface area contributed by atoms with E-state index in [1.165, 1.54) is 6.07 Å². The van der Waals surface area contributed by atoms with Crippen LogP contribution < -0.4 is 24.2 Å². The maximum atomic E-state index is 12.8. The molecule has 0 spiro atoms. The molecule has 2 aromatic carbocycles. The van der Waals surface area contributed by atoms with Gasteiger partial charge < -0.3 is 19.5 Å². The van der Waals surface area contributed by atoms with Crippen molar-refractivity contribution in [3.8, 4) is 17.2 Å². The molecule has 0 atom stereocenters. The summed E-state index contributed by atoms with van der Waals surface area (Å²) in [6.45, 7) is 10.5. The summed E-state index contributed by atoms with van der Waals surface area (Å²) < 4.78 is 44.3. The quantitative estimate of drug-likeness (QED) is 0.498. The SMILES string of the molecule is CCOc1cc(C(=O)NCc2cccc(S(=O)(=O)NC(C)C)c2)cc(OCC)c1OCC. The Balaban J connectivity index is 2.23. The maximum Gasteiger partial charge on any atom is 0.251 e. The lowest BCUT2D eigenvalue weighted by atomic mass is 10.1. The van der Waals surface area contributed by atoms with Gasteiger partial charge in [0.05, 0.1) is 24.7 Å². The van der Waals surface area contributed by atoms with Crippen molar-refractivity contribution in [1.29, 1.82) is 0 Å². The van der Waals surface area contributed by atoms with Gasteiger partial charge in [0.25, 0.3) is 5.91 Å². The molecule has 32 heavy (non-hydrogen) atoms. The van der Waals surface area contributed by atoms with Crippen LogP contribution in [0.4, 0.5) is 0 Å². The van der Waals surface area contributed by atoms with E-state index in [1.807, 2.05) is 20.8 Å². The molecule has 0 heterocycles. The van der Waals surface area contributed by atoms with Crippen LogP contribution in [-0.4, -0.2) is 40.2 Å². The van der Waals surface area contributed by atoms with Gasteiger partial charge in [-0.3, -0.25) is 4.79 Å². The molecular formula is C23H32N2O6S.